The predicted octanol–water partition coefficient (Wildman–Crippen LogP) is 2.66. The fraction of sp³-hybridized carbons (Fsp3) is 0.467. The van der Waals surface area contributed by atoms with Gasteiger partial charge in [0, 0.05) is 0 Å². The van der Waals surface area contributed by atoms with Gasteiger partial charge in [0.1, 0.15) is 12.7 Å². The van der Waals surface area contributed by atoms with Crippen LogP contribution in [-0.2, 0) is 4.74 Å². The maximum Gasteiger partial charge on any atom is 0.182 e. The fourth-order valence-electron chi connectivity index (χ4n) is 2.08. The average Bonchev–Trinajstić information content (AvgIpc) is 2.80. The molecule has 0 aliphatic carbocycles. The predicted molar refractivity (Wildman–Crippen MR) is 74.4 cm³/mol. The third kappa shape index (κ3) is 3.34. The van der Waals surface area contributed by atoms with E-state index in [2.05, 4.69) is 18.4 Å². The zero-order chi connectivity index (χ0) is 13.7. The Morgan fingerprint density at radius 2 is 2.11 bits per heavy atom. The van der Waals surface area contributed by atoms with Gasteiger partial charge in [-0.05, 0) is 25.1 Å². The Bertz CT molecular complexity index is 433. The first-order valence-electron chi connectivity index (χ1n) is 6.61. The molecule has 0 radical (unpaired) electrons. The third-order valence-electron chi connectivity index (χ3n) is 3.22. The minimum absolute atomic E-state index is 0.263. The van der Waals surface area contributed by atoms with E-state index in [4.69, 9.17) is 14.2 Å². The first-order chi connectivity index (χ1) is 9.24. The maximum absolute atomic E-state index is 5.74. The lowest BCUT2D eigenvalue weighted by molar-refractivity contribution is 0.156. The van der Waals surface area contributed by atoms with Crippen molar-refractivity contribution >= 4 is 0 Å². The Balaban J connectivity index is 1.82. The summed E-state index contributed by atoms with van der Waals surface area (Å²) in [4.78, 5) is 2.11. The van der Waals surface area contributed by atoms with E-state index in [1.807, 2.05) is 24.3 Å². The lowest BCUT2D eigenvalue weighted by Crippen LogP contribution is -2.26. The largest absolute Gasteiger partial charge is 0.493 e. The normalized spacial score (nSPS) is 18.3. The molecule has 4 nitrogen and oxygen atoms in total. The molecule has 2 rings (SSSR count). The molecule has 1 saturated heterocycles. The van der Waals surface area contributed by atoms with Gasteiger partial charge in [-0.2, -0.15) is 0 Å². The zero-order valence-electron chi connectivity index (χ0n) is 11.6. The van der Waals surface area contributed by atoms with Crippen LogP contribution in [0.2, 0.25) is 0 Å². The molecule has 1 aliphatic heterocycles. The van der Waals surface area contributed by atoms with Crippen LogP contribution in [0.4, 0.5) is 0 Å². The molecule has 104 valence electrons. The van der Waals surface area contributed by atoms with Crippen LogP contribution < -0.4 is 9.47 Å². The molecule has 1 aliphatic rings. The summed E-state index contributed by atoms with van der Waals surface area (Å²) >= 11 is 0. The molecule has 0 saturated carbocycles. The van der Waals surface area contributed by atoms with Crippen LogP contribution in [0.3, 0.4) is 0 Å². The molecular weight excluding hydrogens is 242 g/mol. The summed E-state index contributed by atoms with van der Waals surface area (Å²) in [5.41, 5.74) is 0. The van der Waals surface area contributed by atoms with Gasteiger partial charge in [0.25, 0.3) is 0 Å². The van der Waals surface area contributed by atoms with Crippen molar-refractivity contribution < 1.29 is 14.2 Å². The van der Waals surface area contributed by atoms with Crippen LogP contribution in [0.15, 0.2) is 36.7 Å². The van der Waals surface area contributed by atoms with E-state index < -0.39 is 0 Å². The van der Waals surface area contributed by atoms with Gasteiger partial charge < -0.3 is 19.1 Å². The van der Waals surface area contributed by atoms with Crippen LogP contribution in [0, 0.1) is 0 Å². The second kappa shape index (κ2) is 6.36. The van der Waals surface area contributed by atoms with E-state index in [1.54, 1.807) is 7.11 Å². The number of ether oxygens (including phenoxy) is 3. The van der Waals surface area contributed by atoms with Gasteiger partial charge in [-0.3, -0.25) is 0 Å². The highest BCUT2D eigenvalue weighted by Gasteiger charge is 2.24. The van der Waals surface area contributed by atoms with Gasteiger partial charge >= 0.3 is 0 Å². The molecule has 0 bridgehead atoms. The molecule has 1 heterocycles. The molecule has 1 aromatic rings. The molecular formula is C15H21NO3. The summed E-state index contributed by atoms with van der Waals surface area (Å²) in [5.74, 6) is 2.27. The molecule has 19 heavy (non-hydrogen) atoms. The summed E-state index contributed by atoms with van der Waals surface area (Å²) in [5, 5.41) is 0. The van der Waals surface area contributed by atoms with Gasteiger partial charge in [0.15, 0.2) is 17.4 Å². The molecule has 0 aromatic heterocycles. The number of benzene rings is 1. The Hall–Kier alpha value is -1.84. The Labute approximate surface area is 114 Å². The van der Waals surface area contributed by atoms with Gasteiger partial charge in [0.05, 0.1) is 20.2 Å². The Morgan fingerprint density at radius 1 is 1.37 bits per heavy atom. The first kappa shape index (κ1) is 13.6. The number of hydrogen-bond acceptors (Lipinski definition) is 4. The quantitative estimate of drug-likeness (QED) is 0.789. The average molecular weight is 263 g/mol. The lowest BCUT2D eigenvalue weighted by Gasteiger charge is -2.17. The number of para-hydroxylation sites is 2. The minimum Gasteiger partial charge on any atom is -0.493 e. The topological polar surface area (TPSA) is 30.9 Å². The summed E-state index contributed by atoms with van der Waals surface area (Å²) < 4.78 is 16.6. The second-order valence-electron chi connectivity index (χ2n) is 4.49. The molecule has 1 aromatic carbocycles. The van der Waals surface area contributed by atoms with Crippen LogP contribution in [0.1, 0.15) is 13.3 Å². The Morgan fingerprint density at radius 3 is 2.74 bits per heavy atom. The van der Waals surface area contributed by atoms with Gasteiger partial charge in [-0.25, -0.2) is 0 Å². The summed E-state index contributed by atoms with van der Waals surface area (Å²) in [6, 6.07) is 7.65. The van der Waals surface area contributed by atoms with Crippen molar-refractivity contribution in [3.63, 3.8) is 0 Å². The fourth-order valence-corrected chi connectivity index (χ4v) is 2.08. The number of methoxy groups -OCH3 is 1. The third-order valence-corrected chi connectivity index (χ3v) is 3.22. The Kier molecular flexibility index (Phi) is 4.55. The maximum atomic E-state index is 5.74. The highest BCUT2D eigenvalue weighted by atomic mass is 16.5. The van der Waals surface area contributed by atoms with Crippen LogP contribution in [-0.4, -0.2) is 37.8 Å². The van der Waals surface area contributed by atoms with Crippen molar-refractivity contribution in [2.45, 2.75) is 19.4 Å². The van der Waals surface area contributed by atoms with E-state index in [0.29, 0.717) is 6.61 Å². The van der Waals surface area contributed by atoms with Crippen molar-refractivity contribution in [1.29, 1.82) is 0 Å². The number of nitrogens with zero attached hydrogens (tertiary/aromatic N) is 1. The van der Waals surface area contributed by atoms with Crippen molar-refractivity contribution in [3.8, 4) is 11.5 Å². The SMILES string of the molecule is C=C1OC(CC)CN1CCOc1ccccc1OC. The van der Waals surface area contributed by atoms with Crippen molar-refractivity contribution in [3.05, 3.63) is 36.7 Å². The van der Waals surface area contributed by atoms with Crippen LogP contribution in [0.25, 0.3) is 0 Å². The smallest absolute Gasteiger partial charge is 0.182 e. The molecule has 4 heteroatoms. The monoisotopic (exact) mass is 263 g/mol. The summed E-state index contributed by atoms with van der Waals surface area (Å²) in [7, 11) is 1.64. The van der Waals surface area contributed by atoms with Crippen molar-refractivity contribution in [2.24, 2.45) is 0 Å². The van der Waals surface area contributed by atoms with Gasteiger partial charge in [-0.15, -0.1) is 0 Å². The van der Waals surface area contributed by atoms with E-state index >= 15 is 0 Å². The highest BCUT2D eigenvalue weighted by Crippen LogP contribution is 2.26. The number of rotatable bonds is 6. The van der Waals surface area contributed by atoms with Crippen LogP contribution in [0.5, 0.6) is 11.5 Å². The molecule has 1 unspecified atom stereocenters. The molecule has 1 atom stereocenters. The highest BCUT2D eigenvalue weighted by molar-refractivity contribution is 5.39. The van der Waals surface area contributed by atoms with Gasteiger partial charge in [-0.1, -0.05) is 19.1 Å². The molecule has 0 N–H and O–H groups in total. The van der Waals surface area contributed by atoms with E-state index in [1.165, 1.54) is 0 Å². The summed E-state index contributed by atoms with van der Waals surface area (Å²) in [6.07, 6.45) is 1.27. The molecule has 1 fully saturated rings. The number of hydrogen-bond donors (Lipinski definition) is 0. The zero-order valence-corrected chi connectivity index (χ0v) is 11.6. The molecule has 0 amide bonds. The summed E-state index contributed by atoms with van der Waals surface area (Å²) in [6.45, 7) is 8.28. The van der Waals surface area contributed by atoms with Gasteiger partial charge in [0.2, 0.25) is 0 Å². The van der Waals surface area contributed by atoms with Crippen molar-refractivity contribution in [1.82, 2.24) is 4.90 Å². The minimum atomic E-state index is 0.263. The van der Waals surface area contributed by atoms with E-state index in [9.17, 15) is 0 Å². The second-order valence-corrected chi connectivity index (χ2v) is 4.49. The van der Waals surface area contributed by atoms with Crippen molar-refractivity contribution in [2.75, 3.05) is 26.8 Å². The van der Waals surface area contributed by atoms with Crippen LogP contribution >= 0.6 is 0 Å². The van der Waals surface area contributed by atoms with E-state index in [-0.39, 0.29) is 6.10 Å². The molecule has 0 spiro atoms. The first-order valence-corrected chi connectivity index (χ1v) is 6.61. The van der Waals surface area contributed by atoms with E-state index in [0.717, 1.165) is 36.9 Å². The lowest BCUT2D eigenvalue weighted by atomic mass is 10.3. The standard InChI is InChI=1S/C15H21NO3/c1-4-13-11-16(12(2)19-13)9-10-18-15-8-6-5-7-14(15)17-3/h5-8,13H,2,4,9-11H2,1,3H3.